The average Bonchev–Trinajstić information content (AvgIpc) is 3.02. The van der Waals surface area contributed by atoms with Crippen molar-refractivity contribution in [1.82, 2.24) is 0 Å². The van der Waals surface area contributed by atoms with E-state index < -0.39 is 80.1 Å². The van der Waals surface area contributed by atoms with Gasteiger partial charge in [0.1, 0.15) is 60.8 Å². The Labute approximate surface area is 243 Å². The van der Waals surface area contributed by atoms with Crippen molar-refractivity contribution in [2.75, 3.05) is 20.3 Å². The predicted octanol–water partition coefficient (Wildman–Crippen LogP) is -2.17. The molecule has 0 saturated carbocycles. The molecule has 15 nitrogen and oxygen atoms in total. The van der Waals surface area contributed by atoms with Gasteiger partial charge < -0.3 is 69.0 Å². The van der Waals surface area contributed by atoms with E-state index in [2.05, 4.69) is 0 Å². The minimum Gasteiger partial charge on any atom is -0.497 e. The van der Waals surface area contributed by atoms with E-state index >= 15 is 0 Å². The van der Waals surface area contributed by atoms with Gasteiger partial charge in [-0.15, -0.1) is 0 Å². The third-order valence-electron chi connectivity index (χ3n) is 7.43. The van der Waals surface area contributed by atoms with Crippen LogP contribution in [-0.2, 0) is 9.47 Å². The van der Waals surface area contributed by atoms with Crippen LogP contribution in [0.15, 0.2) is 51.9 Å². The van der Waals surface area contributed by atoms with Gasteiger partial charge in [0.2, 0.25) is 23.8 Å². The molecule has 2 aliphatic rings. The maximum Gasteiger partial charge on any atom is 0.229 e. The number of hydrogen-bond donors (Lipinski definition) is 8. The van der Waals surface area contributed by atoms with Crippen LogP contribution >= 0.6 is 0 Å². The van der Waals surface area contributed by atoms with Crippen molar-refractivity contribution in [2.24, 2.45) is 0 Å². The third kappa shape index (κ3) is 5.80. The van der Waals surface area contributed by atoms with Gasteiger partial charge in [0.25, 0.3) is 0 Å². The summed E-state index contributed by atoms with van der Waals surface area (Å²) in [6.45, 7) is -1.46. The molecule has 2 saturated heterocycles. The second-order valence-corrected chi connectivity index (χ2v) is 10.1. The lowest BCUT2D eigenvalue weighted by atomic mass is 9.99. The highest BCUT2D eigenvalue weighted by atomic mass is 16.7. The van der Waals surface area contributed by atoms with Crippen molar-refractivity contribution < 1.29 is 69.0 Å². The number of hydrogen-bond acceptors (Lipinski definition) is 15. The Hall–Kier alpha value is -3.35. The molecule has 1 aromatic heterocycles. The summed E-state index contributed by atoms with van der Waals surface area (Å²) >= 11 is 0. The van der Waals surface area contributed by atoms with E-state index in [1.807, 2.05) is 0 Å². The van der Waals surface area contributed by atoms with Gasteiger partial charge in [-0.05, 0) is 29.8 Å². The van der Waals surface area contributed by atoms with Crippen LogP contribution in [0.1, 0.15) is 0 Å². The lowest BCUT2D eigenvalue weighted by molar-refractivity contribution is -0.282. The molecular weight excluding hydrogens is 576 g/mol. The van der Waals surface area contributed by atoms with Gasteiger partial charge in [-0.25, -0.2) is 0 Å². The van der Waals surface area contributed by atoms with Crippen molar-refractivity contribution in [3.05, 3.63) is 52.9 Å². The summed E-state index contributed by atoms with van der Waals surface area (Å²) in [7, 11) is 1.50. The van der Waals surface area contributed by atoms with E-state index in [9.17, 15) is 45.6 Å². The molecular formula is C28H32O15. The first-order valence-corrected chi connectivity index (χ1v) is 13.3. The van der Waals surface area contributed by atoms with Gasteiger partial charge in [-0.3, -0.25) is 4.79 Å². The molecule has 3 heterocycles. The summed E-state index contributed by atoms with van der Waals surface area (Å²) in [6, 6.07) is 9.19. The first kappa shape index (κ1) is 31.1. The number of benzene rings is 2. The standard InChI is InChI=1S/C28H32O15/c1-38-12-4-2-11(3-5-12)14-10-39-25-13(18(14)31)6-7-15(40-27-23(36)21(34)19(32)16(8-29)41-27)26(25)43-28-24(37)22(35)20(33)17(9-30)42-28/h2-7,10,16-17,19-24,27-30,32-37H,8-9H2,1H3/t16-,17-,19-,20-,21+,22+,23-,24-,27-,28+/m1/s1. The molecule has 0 amide bonds. The lowest BCUT2D eigenvalue weighted by Gasteiger charge is -2.40. The molecule has 43 heavy (non-hydrogen) atoms. The highest BCUT2D eigenvalue weighted by molar-refractivity contribution is 5.88. The zero-order chi connectivity index (χ0) is 31.0. The maximum atomic E-state index is 13.6. The molecule has 15 heteroatoms. The van der Waals surface area contributed by atoms with Crippen LogP contribution in [-0.4, -0.2) is 123 Å². The molecule has 3 aromatic rings. The average molecular weight is 609 g/mol. The van der Waals surface area contributed by atoms with E-state index in [0.29, 0.717) is 11.3 Å². The number of fused-ring (bicyclic) bond motifs is 1. The van der Waals surface area contributed by atoms with E-state index in [0.717, 1.165) is 6.26 Å². The fraction of sp³-hybridized carbons (Fsp3) is 0.464. The minimum atomic E-state index is -1.85. The van der Waals surface area contributed by atoms with Crippen LogP contribution in [0, 0.1) is 0 Å². The Morgan fingerprint density at radius 3 is 1.81 bits per heavy atom. The van der Waals surface area contributed by atoms with Gasteiger partial charge >= 0.3 is 0 Å². The molecule has 8 N–H and O–H groups in total. The first-order chi connectivity index (χ1) is 20.6. The molecule has 0 aliphatic carbocycles. The number of methoxy groups -OCH3 is 1. The topological polar surface area (TPSA) is 238 Å². The Balaban J connectivity index is 1.58. The van der Waals surface area contributed by atoms with Crippen LogP contribution in [0.2, 0.25) is 0 Å². The maximum absolute atomic E-state index is 13.6. The number of aliphatic hydroxyl groups is 8. The van der Waals surface area contributed by atoms with Crippen LogP contribution in [0.5, 0.6) is 17.2 Å². The van der Waals surface area contributed by atoms with Crippen molar-refractivity contribution in [3.8, 4) is 28.4 Å². The molecule has 0 unspecified atom stereocenters. The highest BCUT2D eigenvalue weighted by Crippen LogP contribution is 2.40. The molecule has 10 atom stereocenters. The predicted molar refractivity (Wildman–Crippen MR) is 143 cm³/mol. The van der Waals surface area contributed by atoms with Gasteiger partial charge in [0, 0.05) is 0 Å². The second-order valence-electron chi connectivity index (χ2n) is 10.1. The SMILES string of the molecule is COc1ccc(-c2coc3c(O[C@@H]4O[C@H](CO)[C@@H](O)[C@H](O)[C@H]4O)c(O[C@@H]4O[C@H](CO)[C@@H](O)[C@H](O)[C@H]4O)ccc3c2=O)cc1. The quantitative estimate of drug-likeness (QED) is 0.136. The largest absolute Gasteiger partial charge is 0.497 e. The normalized spacial score (nSPS) is 32.9. The van der Waals surface area contributed by atoms with Crippen LogP contribution in [0.3, 0.4) is 0 Å². The zero-order valence-electron chi connectivity index (χ0n) is 22.7. The fourth-order valence-electron chi connectivity index (χ4n) is 4.90. The molecule has 2 aliphatic heterocycles. The Bertz CT molecular complexity index is 1460. The first-order valence-electron chi connectivity index (χ1n) is 13.3. The highest BCUT2D eigenvalue weighted by Gasteiger charge is 2.47. The number of rotatable bonds is 8. The summed E-state index contributed by atoms with van der Waals surface area (Å²) in [5.41, 5.74) is -0.0307. The van der Waals surface area contributed by atoms with Gasteiger partial charge in [0.15, 0.2) is 11.3 Å². The fourth-order valence-corrected chi connectivity index (χ4v) is 4.90. The van der Waals surface area contributed by atoms with Crippen molar-refractivity contribution in [1.29, 1.82) is 0 Å². The molecule has 2 fully saturated rings. The van der Waals surface area contributed by atoms with Crippen LogP contribution in [0.25, 0.3) is 22.1 Å². The molecule has 2 aromatic carbocycles. The molecule has 0 spiro atoms. The smallest absolute Gasteiger partial charge is 0.229 e. The molecule has 5 rings (SSSR count). The Kier molecular flexibility index (Phi) is 9.19. The Morgan fingerprint density at radius 1 is 0.721 bits per heavy atom. The van der Waals surface area contributed by atoms with Crippen LogP contribution < -0.4 is 19.6 Å². The Morgan fingerprint density at radius 2 is 1.28 bits per heavy atom. The summed E-state index contributed by atoms with van der Waals surface area (Å²) in [5.74, 6) is -0.0783. The summed E-state index contributed by atoms with van der Waals surface area (Å²) < 4.78 is 33.5. The minimum absolute atomic E-state index is 0.0194. The molecule has 234 valence electrons. The van der Waals surface area contributed by atoms with Crippen molar-refractivity contribution in [3.63, 3.8) is 0 Å². The summed E-state index contributed by atoms with van der Waals surface area (Å²) in [4.78, 5) is 13.6. The van der Waals surface area contributed by atoms with E-state index in [1.165, 1.54) is 19.2 Å². The van der Waals surface area contributed by atoms with E-state index in [-0.39, 0.29) is 28.0 Å². The van der Waals surface area contributed by atoms with Crippen LogP contribution in [0.4, 0.5) is 0 Å². The summed E-state index contributed by atoms with van der Waals surface area (Å²) in [6.07, 6.45) is -15.4. The third-order valence-corrected chi connectivity index (χ3v) is 7.43. The monoisotopic (exact) mass is 608 g/mol. The second kappa shape index (κ2) is 12.7. The van der Waals surface area contributed by atoms with E-state index in [1.54, 1.807) is 24.3 Å². The lowest BCUT2D eigenvalue weighted by Crippen LogP contribution is -2.60. The van der Waals surface area contributed by atoms with Crippen molar-refractivity contribution >= 4 is 11.0 Å². The van der Waals surface area contributed by atoms with Gasteiger partial charge in [-0.1, -0.05) is 12.1 Å². The van der Waals surface area contributed by atoms with Gasteiger partial charge in [0.05, 0.1) is 31.3 Å². The number of aliphatic hydroxyl groups excluding tert-OH is 8. The summed E-state index contributed by atoms with van der Waals surface area (Å²) in [5, 5.41) is 81.0. The molecule has 0 radical (unpaired) electrons. The zero-order valence-corrected chi connectivity index (χ0v) is 22.7. The van der Waals surface area contributed by atoms with Crippen molar-refractivity contribution in [2.45, 2.75) is 61.4 Å². The van der Waals surface area contributed by atoms with E-state index in [4.69, 9.17) is 28.1 Å². The number of ether oxygens (including phenoxy) is 5. The molecule has 0 bridgehead atoms. The van der Waals surface area contributed by atoms with Gasteiger partial charge in [-0.2, -0.15) is 0 Å².